The number of fused-ring (bicyclic) bond motifs is 1. The normalized spacial score (nSPS) is 11.0. The highest BCUT2D eigenvalue weighted by Crippen LogP contribution is 2.40. The molecule has 2 aromatic heterocycles. The van der Waals surface area contributed by atoms with Gasteiger partial charge in [0.15, 0.2) is 11.6 Å². The van der Waals surface area contributed by atoms with Crippen LogP contribution in [0, 0.1) is 11.6 Å². The lowest BCUT2D eigenvalue weighted by molar-refractivity contribution is 0.439. The molecule has 0 fully saturated rings. The van der Waals surface area contributed by atoms with E-state index in [2.05, 4.69) is 10.3 Å². The van der Waals surface area contributed by atoms with E-state index in [1.165, 1.54) is 6.07 Å². The highest BCUT2D eigenvalue weighted by Gasteiger charge is 2.17. The third-order valence-corrected chi connectivity index (χ3v) is 6.68. The molecule has 0 unspecified atom stereocenters. The van der Waals surface area contributed by atoms with Gasteiger partial charge in [-0.25, -0.2) is 8.78 Å². The minimum Gasteiger partial charge on any atom is -0.457 e. The lowest BCUT2D eigenvalue weighted by Gasteiger charge is -2.15. The first-order chi connectivity index (χ1) is 19.9. The van der Waals surface area contributed by atoms with Crippen molar-refractivity contribution < 1.29 is 18.3 Å². The van der Waals surface area contributed by atoms with Gasteiger partial charge in [-0.1, -0.05) is 30.3 Å². The van der Waals surface area contributed by atoms with Crippen LogP contribution in [0.3, 0.4) is 0 Å². The minimum atomic E-state index is -0.813. The van der Waals surface area contributed by atoms with Crippen molar-refractivity contribution in [3.05, 3.63) is 137 Å². The number of para-hydroxylation sites is 1. The molecule has 2 N–H and O–H groups in total. The summed E-state index contributed by atoms with van der Waals surface area (Å²) in [5.74, 6) is 0.252. The van der Waals surface area contributed by atoms with Crippen molar-refractivity contribution in [3.63, 3.8) is 0 Å². The average molecular weight is 550 g/mol. The highest BCUT2D eigenvalue weighted by atomic mass is 19.1. The zero-order valence-corrected chi connectivity index (χ0v) is 22.0. The van der Waals surface area contributed by atoms with E-state index >= 15 is 0 Å². The van der Waals surface area contributed by atoms with E-state index in [0.29, 0.717) is 28.8 Å². The predicted molar refractivity (Wildman–Crippen MR) is 156 cm³/mol. The molecule has 4 aromatic carbocycles. The summed E-state index contributed by atoms with van der Waals surface area (Å²) >= 11 is 0. The molecular formula is C33H25F2N3O3. The number of aromatic amines is 1. The Labute approximate surface area is 234 Å². The van der Waals surface area contributed by atoms with Crippen LogP contribution in [0.1, 0.15) is 5.56 Å². The molecule has 8 heteroatoms. The molecule has 0 radical (unpaired) electrons. The van der Waals surface area contributed by atoms with E-state index in [4.69, 9.17) is 9.47 Å². The molecule has 6 aromatic rings. The van der Waals surface area contributed by atoms with Gasteiger partial charge in [0.1, 0.15) is 28.6 Å². The summed E-state index contributed by atoms with van der Waals surface area (Å²) < 4.78 is 41.5. The Morgan fingerprint density at radius 2 is 1.56 bits per heavy atom. The van der Waals surface area contributed by atoms with Crippen molar-refractivity contribution in [2.75, 3.05) is 5.32 Å². The van der Waals surface area contributed by atoms with Crippen molar-refractivity contribution in [3.8, 4) is 34.1 Å². The molecule has 0 atom stereocenters. The summed E-state index contributed by atoms with van der Waals surface area (Å²) in [6.07, 6.45) is 3.42. The van der Waals surface area contributed by atoms with Gasteiger partial charge in [0, 0.05) is 54.3 Å². The number of hydrogen-bond acceptors (Lipinski definition) is 4. The number of benzene rings is 4. The maximum absolute atomic E-state index is 14.5. The topological polar surface area (TPSA) is 68.3 Å². The summed E-state index contributed by atoms with van der Waals surface area (Å²) in [5, 5.41) is 4.14. The van der Waals surface area contributed by atoms with Gasteiger partial charge in [-0.15, -0.1) is 0 Å². The van der Waals surface area contributed by atoms with Crippen LogP contribution >= 0.6 is 0 Å². The van der Waals surface area contributed by atoms with Gasteiger partial charge < -0.3 is 24.3 Å². The van der Waals surface area contributed by atoms with Crippen molar-refractivity contribution in [1.82, 2.24) is 9.55 Å². The molecule has 6 nitrogen and oxygen atoms in total. The van der Waals surface area contributed by atoms with Crippen molar-refractivity contribution >= 4 is 16.6 Å². The van der Waals surface area contributed by atoms with E-state index in [-0.39, 0.29) is 11.3 Å². The fraction of sp³-hybridized carbons (Fsp3) is 0.0606. The van der Waals surface area contributed by atoms with Crippen LogP contribution in [0.2, 0.25) is 0 Å². The van der Waals surface area contributed by atoms with Crippen LogP contribution in [-0.4, -0.2) is 9.55 Å². The summed E-state index contributed by atoms with van der Waals surface area (Å²) in [6.45, 7) is 0.535. The Morgan fingerprint density at radius 1 is 0.805 bits per heavy atom. The van der Waals surface area contributed by atoms with E-state index in [1.54, 1.807) is 23.9 Å². The second kappa shape index (κ2) is 11.0. The van der Waals surface area contributed by atoms with E-state index < -0.39 is 11.6 Å². The van der Waals surface area contributed by atoms with Crippen molar-refractivity contribution in [2.45, 2.75) is 6.54 Å². The standard InChI is InChI=1S/C33H25F2N3O3/c1-38-20-28(26-15-16-36-33(39)32(26)38)27-18-23(10-14-30(27)41-31-13-9-22(34)17-29(31)35)37-19-21-7-11-25(12-8-21)40-24-5-3-2-4-6-24/h2-18,20,37H,19H2,1H3,(H,36,39). The molecule has 0 bridgehead atoms. The summed E-state index contributed by atoms with van der Waals surface area (Å²) in [7, 11) is 1.79. The molecule has 0 aliphatic rings. The fourth-order valence-corrected chi connectivity index (χ4v) is 4.70. The number of halogens is 2. The fourth-order valence-electron chi connectivity index (χ4n) is 4.70. The molecule has 6 rings (SSSR count). The van der Waals surface area contributed by atoms with Gasteiger partial charge in [-0.2, -0.15) is 0 Å². The molecule has 0 spiro atoms. The molecule has 0 amide bonds. The Balaban J connectivity index is 1.30. The molecule has 0 saturated heterocycles. The number of rotatable bonds is 8. The summed E-state index contributed by atoms with van der Waals surface area (Å²) in [5.41, 5.74) is 3.48. The number of hydrogen-bond donors (Lipinski definition) is 2. The third kappa shape index (κ3) is 5.53. The van der Waals surface area contributed by atoms with Gasteiger partial charge in [-0.05, 0) is 66.2 Å². The maximum Gasteiger partial charge on any atom is 0.272 e. The number of pyridine rings is 1. The van der Waals surface area contributed by atoms with Crippen LogP contribution in [-0.2, 0) is 13.6 Å². The zero-order valence-electron chi connectivity index (χ0n) is 22.0. The van der Waals surface area contributed by atoms with E-state index in [0.717, 1.165) is 40.4 Å². The molecule has 0 saturated carbocycles. The van der Waals surface area contributed by atoms with Crippen LogP contribution in [0.4, 0.5) is 14.5 Å². The lowest BCUT2D eigenvalue weighted by Crippen LogP contribution is -2.07. The Hall–Kier alpha value is -5.37. The smallest absolute Gasteiger partial charge is 0.272 e. The average Bonchev–Trinajstić information content (AvgIpc) is 3.32. The molecule has 41 heavy (non-hydrogen) atoms. The summed E-state index contributed by atoms with van der Waals surface area (Å²) in [6, 6.07) is 27.8. The van der Waals surface area contributed by atoms with E-state index in [1.807, 2.05) is 79.0 Å². The monoisotopic (exact) mass is 549 g/mol. The molecule has 0 aliphatic heterocycles. The van der Waals surface area contributed by atoms with Gasteiger partial charge in [0.05, 0.1) is 0 Å². The second-order valence-corrected chi connectivity index (χ2v) is 9.52. The van der Waals surface area contributed by atoms with Gasteiger partial charge in [0.2, 0.25) is 0 Å². The number of H-pyrrole nitrogens is 1. The molecule has 204 valence electrons. The Bertz CT molecular complexity index is 1900. The quantitative estimate of drug-likeness (QED) is 0.202. The number of ether oxygens (including phenoxy) is 2. The summed E-state index contributed by atoms with van der Waals surface area (Å²) in [4.78, 5) is 15.2. The second-order valence-electron chi connectivity index (χ2n) is 9.52. The first-order valence-corrected chi connectivity index (χ1v) is 12.9. The Kier molecular flexibility index (Phi) is 6.95. The van der Waals surface area contributed by atoms with E-state index in [9.17, 15) is 13.6 Å². The van der Waals surface area contributed by atoms with Crippen LogP contribution in [0.25, 0.3) is 22.0 Å². The third-order valence-electron chi connectivity index (χ3n) is 6.68. The predicted octanol–water partition coefficient (Wildman–Crippen LogP) is 8.01. The molecular weight excluding hydrogens is 524 g/mol. The lowest BCUT2D eigenvalue weighted by atomic mass is 10.0. The SMILES string of the molecule is Cn1cc(-c2cc(NCc3ccc(Oc4ccccc4)cc3)ccc2Oc2ccc(F)cc2F)c2cc[nH]c(=O)c21. The highest BCUT2D eigenvalue weighted by molar-refractivity contribution is 5.97. The maximum atomic E-state index is 14.5. The minimum absolute atomic E-state index is 0.107. The van der Waals surface area contributed by atoms with Gasteiger partial charge >= 0.3 is 0 Å². The number of nitrogens with zero attached hydrogens (tertiary/aromatic N) is 1. The number of anilines is 1. The number of aromatic nitrogens is 2. The van der Waals surface area contributed by atoms with Gasteiger partial charge in [-0.3, -0.25) is 4.79 Å². The van der Waals surface area contributed by atoms with Crippen molar-refractivity contribution in [1.29, 1.82) is 0 Å². The molecule has 0 aliphatic carbocycles. The largest absolute Gasteiger partial charge is 0.457 e. The zero-order chi connectivity index (χ0) is 28.3. The van der Waals surface area contributed by atoms with Crippen LogP contribution < -0.4 is 20.3 Å². The molecule has 2 heterocycles. The number of nitrogens with one attached hydrogen (secondary N) is 2. The number of aryl methyl sites for hydroxylation is 1. The van der Waals surface area contributed by atoms with Crippen LogP contribution in [0.5, 0.6) is 23.0 Å². The van der Waals surface area contributed by atoms with Gasteiger partial charge in [0.25, 0.3) is 5.56 Å². The first-order valence-electron chi connectivity index (χ1n) is 12.9. The first kappa shape index (κ1) is 25.9. The van der Waals surface area contributed by atoms with Crippen molar-refractivity contribution in [2.24, 2.45) is 7.05 Å². The Morgan fingerprint density at radius 3 is 2.34 bits per heavy atom. The van der Waals surface area contributed by atoms with Crippen LogP contribution in [0.15, 0.2) is 114 Å².